The van der Waals surface area contributed by atoms with E-state index in [1.165, 1.54) is 11.7 Å². The number of H-pyrrole nitrogens is 1. The minimum atomic E-state index is -3.53. The molecule has 3 aromatic rings. The van der Waals surface area contributed by atoms with Crippen LogP contribution in [0.1, 0.15) is 0 Å². The van der Waals surface area contributed by atoms with Crippen molar-refractivity contribution < 1.29 is 8.42 Å². The molecule has 18 heavy (non-hydrogen) atoms. The van der Waals surface area contributed by atoms with Gasteiger partial charge in [0, 0.05) is 11.7 Å². The van der Waals surface area contributed by atoms with E-state index < -0.39 is 10.0 Å². The zero-order valence-corrected chi connectivity index (χ0v) is 10.8. The monoisotopic (exact) mass is 279 g/mol. The van der Waals surface area contributed by atoms with E-state index in [0.717, 1.165) is 22.2 Å². The van der Waals surface area contributed by atoms with Crippen molar-refractivity contribution in [1.82, 2.24) is 9.97 Å². The van der Waals surface area contributed by atoms with E-state index in [2.05, 4.69) is 14.7 Å². The number of rotatable bonds is 3. The second-order valence-electron chi connectivity index (χ2n) is 3.71. The molecule has 2 N–H and O–H groups in total. The van der Waals surface area contributed by atoms with Gasteiger partial charge in [0.15, 0.2) is 4.21 Å². The van der Waals surface area contributed by atoms with Crippen LogP contribution in [-0.2, 0) is 10.0 Å². The number of nitrogens with zero attached hydrogens (tertiary/aromatic N) is 1. The van der Waals surface area contributed by atoms with Gasteiger partial charge in [0.05, 0.1) is 17.4 Å². The van der Waals surface area contributed by atoms with Crippen LogP contribution in [0.3, 0.4) is 0 Å². The van der Waals surface area contributed by atoms with Crippen LogP contribution in [-0.4, -0.2) is 18.4 Å². The molecule has 0 unspecified atom stereocenters. The van der Waals surface area contributed by atoms with Gasteiger partial charge in [0.25, 0.3) is 10.0 Å². The van der Waals surface area contributed by atoms with E-state index in [0.29, 0.717) is 5.69 Å². The van der Waals surface area contributed by atoms with Gasteiger partial charge in [0.1, 0.15) is 0 Å². The number of thiazole rings is 1. The summed E-state index contributed by atoms with van der Waals surface area (Å²) in [5.41, 5.74) is 2.90. The summed E-state index contributed by atoms with van der Waals surface area (Å²) in [4.78, 5) is 6.80. The second-order valence-corrected chi connectivity index (χ2v) is 6.50. The van der Waals surface area contributed by atoms with E-state index in [9.17, 15) is 8.42 Å². The van der Waals surface area contributed by atoms with Crippen molar-refractivity contribution in [3.8, 4) is 0 Å². The summed E-state index contributed by atoms with van der Waals surface area (Å²) in [6.07, 6.45) is 3.15. The lowest BCUT2D eigenvalue weighted by molar-refractivity contribution is 0.603. The summed E-state index contributed by atoms with van der Waals surface area (Å²) in [6, 6.07) is 7.27. The predicted octanol–water partition coefficient (Wildman–Crippen LogP) is 2.43. The molecule has 92 valence electrons. The lowest BCUT2D eigenvalue weighted by atomic mass is 10.2. The van der Waals surface area contributed by atoms with Crippen LogP contribution in [0, 0.1) is 0 Å². The lowest BCUT2D eigenvalue weighted by Crippen LogP contribution is -2.11. The minimum Gasteiger partial charge on any atom is -0.361 e. The Morgan fingerprint density at radius 3 is 2.94 bits per heavy atom. The number of aromatic amines is 1. The van der Waals surface area contributed by atoms with Crippen LogP contribution < -0.4 is 4.72 Å². The quantitative estimate of drug-likeness (QED) is 0.773. The Kier molecular flexibility index (Phi) is 2.57. The first kappa shape index (κ1) is 11.2. The van der Waals surface area contributed by atoms with Gasteiger partial charge in [-0.15, -0.1) is 11.3 Å². The van der Waals surface area contributed by atoms with Crippen molar-refractivity contribution in [2.45, 2.75) is 4.21 Å². The number of hydrogen-bond acceptors (Lipinski definition) is 4. The predicted molar refractivity (Wildman–Crippen MR) is 71.2 cm³/mol. The van der Waals surface area contributed by atoms with Gasteiger partial charge >= 0.3 is 0 Å². The third-order valence-corrected chi connectivity index (χ3v) is 5.13. The average molecular weight is 279 g/mol. The normalized spacial score (nSPS) is 11.8. The largest absolute Gasteiger partial charge is 0.361 e. The molecule has 0 atom stereocenters. The molecule has 0 bridgehead atoms. The van der Waals surface area contributed by atoms with Crippen molar-refractivity contribution in [2.24, 2.45) is 0 Å². The molecular weight excluding hydrogens is 270 g/mol. The van der Waals surface area contributed by atoms with Crippen LogP contribution in [0.5, 0.6) is 0 Å². The molecule has 3 rings (SSSR count). The molecule has 0 aliphatic carbocycles. The molecule has 2 aromatic heterocycles. The molecule has 0 saturated carbocycles. The van der Waals surface area contributed by atoms with E-state index in [-0.39, 0.29) is 4.21 Å². The van der Waals surface area contributed by atoms with E-state index in [1.54, 1.807) is 12.1 Å². The van der Waals surface area contributed by atoms with Gasteiger partial charge in [-0.25, -0.2) is 8.42 Å². The van der Waals surface area contributed by atoms with Gasteiger partial charge in [-0.1, -0.05) is 6.07 Å². The maximum Gasteiger partial charge on any atom is 0.273 e. The number of fused-ring (bicyclic) bond motifs is 1. The minimum absolute atomic E-state index is 0.203. The molecular formula is C11H9N3O2S2. The first-order valence-electron chi connectivity index (χ1n) is 5.14. The SMILES string of the molecule is O=S(=O)(Nc1ccc2cc[nH]c2c1)c1cncs1. The van der Waals surface area contributed by atoms with Gasteiger partial charge in [-0.2, -0.15) is 0 Å². The molecule has 5 nitrogen and oxygen atoms in total. The van der Waals surface area contributed by atoms with Crippen LogP contribution in [0.2, 0.25) is 0 Å². The number of sulfonamides is 1. The number of benzene rings is 1. The molecule has 1 aromatic carbocycles. The highest BCUT2D eigenvalue weighted by Crippen LogP contribution is 2.22. The first-order valence-corrected chi connectivity index (χ1v) is 7.50. The standard InChI is InChI=1S/C11H9N3O2S2/c15-18(16,11-6-12-7-17-11)14-9-2-1-8-3-4-13-10(8)5-9/h1-7,13-14H. The summed E-state index contributed by atoms with van der Waals surface area (Å²) in [5.74, 6) is 0. The zero-order chi connectivity index (χ0) is 12.6. The maximum absolute atomic E-state index is 12.0. The summed E-state index contributed by atoms with van der Waals surface area (Å²) in [5, 5.41) is 1.04. The van der Waals surface area contributed by atoms with Crippen LogP contribution in [0.4, 0.5) is 5.69 Å². The first-order chi connectivity index (χ1) is 8.65. The molecule has 0 radical (unpaired) electrons. The van der Waals surface area contributed by atoms with Gasteiger partial charge in [0.2, 0.25) is 0 Å². The third-order valence-electron chi connectivity index (χ3n) is 2.48. The second kappa shape index (κ2) is 4.11. The Balaban J connectivity index is 1.97. The summed E-state index contributed by atoms with van der Waals surface area (Å²) in [6.45, 7) is 0. The van der Waals surface area contributed by atoms with Crippen LogP contribution >= 0.6 is 11.3 Å². The number of hydrogen-bond donors (Lipinski definition) is 2. The zero-order valence-electron chi connectivity index (χ0n) is 9.12. The molecule has 0 saturated heterocycles. The molecule has 0 spiro atoms. The number of aromatic nitrogens is 2. The fraction of sp³-hybridized carbons (Fsp3) is 0. The van der Waals surface area contributed by atoms with E-state index in [1.807, 2.05) is 18.3 Å². The van der Waals surface area contributed by atoms with Crippen molar-refractivity contribution in [3.05, 3.63) is 42.2 Å². The van der Waals surface area contributed by atoms with Crippen molar-refractivity contribution in [1.29, 1.82) is 0 Å². The van der Waals surface area contributed by atoms with Crippen LogP contribution in [0.15, 0.2) is 46.4 Å². The Morgan fingerprint density at radius 1 is 1.28 bits per heavy atom. The molecule has 0 fully saturated rings. The Labute approximate surface area is 108 Å². The van der Waals surface area contributed by atoms with Gasteiger partial charge < -0.3 is 4.98 Å². The van der Waals surface area contributed by atoms with Gasteiger partial charge in [-0.05, 0) is 23.6 Å². The average Bonchev–Trinajstić information content (AvgIpc) is 2.99. The van der Waals surface area contributed by atoms with Crippen LogP contribution in [0.25, 0.3) is 10.9 Å². The summed E-state index contributed by atoms with van der Waals surface area (Å²) < 4.78 is 26.7. The number of anilines is 1. The summed E-state index contributed by atoms with van der Waals surface area (Å²) in [7, 11) is -3.53. The Bertz CT molecular complexity index is 776. The smallest absolute Gasteiger partial charge is 0.273 e. The Morgan fingerprint density at radius 2 is 2.17 bits per heavy atom. The molecule has 0 aliphatic rings. The number of nitrogens with one attached hydrogen (secondary N) is 2. The fourth-order valence-corrected chi connectivity index (χ4v) is 3.50. The van der Waals surface area contributed by atoms with Crippen molar-refractivity contribution in [2.75, 3.05) is 4.72 Å². The third kappa shape index (κ3) is 1.98. The Hall–Kier alpha value is -1.86. The maximum atomic E-state index is 12.0. The lowest BCUT2D eigenvalue weighted by Gasteiger charge is -2.05. The highest BCUT2D eigenvalue weighted by atomic mass is 32.2. The molecule has 2 heterocycles. The fourth-order valence-electron chi connectivity index (χ4n) is 1.65. The van der Waals surface area contributed by atoms with Crippen molar-refractivity contribution in [3.63, 3.8) is 0 Å². The summed E-state index contributed by atoms with van der Waals surface area (Å²) >= 11 is 1.09. The molecule has 7 heteroatoms. The highest BCUT2D eigenvalue weighted by molar-refractivity contribution is 7.94. The highest BCUT2D eigenvalue weighted by Gasteiger charge is 2.15. The molecule has 0 amide bonds. The van der Waals surface area contributed by atoms with Crippen molar-refractivity contribution >= 4 is 38.0 Å². The van der Waals surface area contributed by atoms with Gasteiger partial charge in [-0.3, -0.25) is 9.71 Å². The molecule has 0 aliphatic heterocycles. The van der Waals surface area contributed by atoms with E-state index >= 15 is 0 Å². The van der Waals surface area contributed by atoms with E-state index in [4.69, 9.17) is 0 Å². The topological polar surface area (TPSA) is 74.8 Å².